The van der Waals surface area contributed by atoms with Crippen molar-refractivity contribution < 1.29 is 10.0 Å². The van der Waals surface area contributed by atoms with E-state index in [-0.39, 0.29) is 0 Å². The molecule has 1 aromatic heterocycles. The van der Waals surface area contributed by atoms with Crippen LogP contribution in [0, 0.1) is 5.92 Å². The first kappa shape index (κ1) is 16.4. The number of aromatic nitrogens is 1. The fraction of sp³-hybridized carbons (Fsp3) is 0.364. The van der Waals surface area contributed by atoms with Gasteiger partial charge < -0.3 is 15.0 Å². The minimum Gasteiger partial charge on any atom is -0.382 e. The highest BCUT2D eigenvalue weighted by Crippen LogP contribution is 2.23. The maximum Gasteiger partial charge on any atom is 0.130 e. The number of likely N-dealkylation sites (tertiary alicyclic amines) is 1. The van der Waals surface area contributed by atoms with Crippen molar-refractivity contribution in [2.45, 2.75) is 25.4 Å². The zero-order valence-corrected chi connectivity index (χ0v) is 14.6. The molecule has 3 heteroatoms. The fourth-order valence-corrected chi connectivity index (χ4v) is 4.19. The number of quaternary nitrogens is 1. The van der Waals surface area contributed by atoms with Gasteiger partial charge in [-0.25, -0.2) is 0 Å². The molecule has 0 unspecified atom stereocenters. The molecule has 3 nitrogen and oxygen atoms in total. The van der Waals surface area contributed by atoms with E-state index in [4.69, 9.17) is 0 Å². The van der Waals surface area contributed by atoms with Gasteiger partial charge in [-0.2, -0.15) is 0 Å². The Kier molecular flexibility index (Phi) is 4.86. The summed E-state index contributed by atoms with van der Waals surface area (Å²) in [5, 5.41) is 11.9. The summed E-state index contributed by atoms with van der Waals surface area (Å²) in [4.78, 5) is 4.80. The molecule has 1 atom stereocenters. The summed E-state index contributed by atoms with van der Waals surface area (Å²) >= 11 is 0. The number of fused-ring (bicyclic) bond motifs is 1. The van der Waals surface area contributed by atoms with Crippen LogP contribution in [0.3, 0.4) is 0 Å². The minimum atomic E-state index is -0.392. The molecular formula is C22H27N2O+. The average molecular weight is 335 g/mol. The van der Waals surface area contributed by atoms with E-state index in [9.17, 15) is 5.11 Å². The lowest BCUT2D eigenvalue weighted by atomic mass is 9.90. The Morgan fingerprint density at radius 3 is 2.52 bits per heavy atom. The van der Waals surface area contributed by atoms with Crippen molar-refractivity contribution >= 4 is 10.9 Å². The van der Waals surface area contributed by atoms with Crippen LogP contribution in [0.25, 0.3) is 10.9 Å². The van der Waals surface area contributed by atoms with Crippen molar-refractivity contribution in [2.24, 2.45) is 5.92 Å². The summed E-state index contributed by atoms with van der Waals surface area (Å²) in [7, 11) is 0. The number of para-hydroxylation sites is 1. The van der Waals surface area contributed by atoms with E-state index < -0.39 is 6.10 Å². The standard InChI is InChI=1S/C22H26N2O/c25-22(20-15-23-21-9-5-4-8-19(20)21)16-24-12-10-18(11-13-24)14-17-6-2-1-3-7-17/h1-9,15,18,22-23,25H,10-14,16H2/p+1/t22-/m1/s1. The molecule has 2 aromatic carbocycles. The number of piperidine rings is 1. The Hall–Kier alpha value is -2.10. The first-order valence-electron chi connectivity index (χ1n) is 9.41. The van der Waals surface area contributed by atoms with Crippen molar-refractivity contribution in [3.05, 3.63) is 71.9 Å². The molecule has 1 aliphatic rings. The summed E-state index contributed by atoms with van der Waals surface area (Å²) in [6, 6.07) is 19.0. The summed E-state index contributed by atoms with van der Waals surface area (Å²) in [5.74, 6) is 0.788. The highest BCUT2D eigenvalue weighted by molar-refractivity contribution is 5.83. The van der Waals surface area contributed by atoms with Crippen LogP contribution in [0.1, 0.15) is 30.1 Å². The normalized spacial score (nSPS) is 22.1. The van der Waals surface area contributed by atoms with Gasteiger partial charge in [-0.1, -0.05) is 48.5 Å². The Labute approximate surface area is 149 Å². The molecule has 0 radical (unpaired) electrons. The van der Waals surface area contributed by atoms with Crippen molar-refractivity contribution in [2.75, 3.05) is 19.6 Å². The second kappa shape index (κ2) is 7.42. The van der Waals surface area contributed by atoms with Gasteiger partial charge in [0.1, 0.15) is 12.6 Å². The topological polar surface area (TPSA) is 40.5 Å². The maximum atomic E-state index is 10.7. The van der Waals surface area contributed by atoms with E-state index in [1.165, 1.54) is 29.7 Å². The second-order valence-corrected chi connectivity index (χ2v) is 7.39. The number of rotatable bonds is 5. The molecule has 3 N–H and O–H groups in total. The van der Waals surface area contributed by atoms with E-state index in [1.807, 2.05) is 18.3 Å². The summed E-state index contributed by atoms with van der Waals surface area (Å²) in [6.07, 6.45) is 5.28. The van der Waals surface area contributed by atoms with Gasteiger partial charge >= 0.3 is 0 Å². The summed E-state index contributed by atoms with van der Waals surface area (Å²) in [6.45, 7) is 3.13. The van der Waals surface area contributed by atoms with Gasteiger partial charge in [0.05, 0.1) is 13.1 Å². The quantitative estimate of drug-likeness (QED) is 0.659. The van der Waals surface area contributed by atoms with Crippen LogP contribution >= 0.6 is 0 Å². The van der Waals surface area contributed by atoms with E-state index in [2.05, 4.69) is 47.4 Å². The highest BCUT2D eigenvalue weighted by Gasteiger charge is 2.25. The number of aliphatic hydroxyl groups excluding tert-OH is 1. The van der Waals surface area contributed by atoms with Crippen LogP contribution in [0.2, 0.25) is 0 Å². The predicted octanol–water partition coefficient (Wildman–Crippen LogP) is 2.74. The molecular weight excluding hydrogens is 308 g/mol. The van der Waals surface area contributed by atoms with Gasteiger partial charge in [-0.15, -0.1) is 0 Å². The zero-order chi connectivity index (χ0) is 17.1. The lowest BCUT2D eigenvalue weighted by Crippen LogP contribution is -3.13. The monoisotopic (exact) mass is 335 g/mol. The Morgan fingerprint density at radius 1 is 1.00 bits per heavy atom. The van der Waals surface area contributed by atoms with Crippen LogP contribution in [-0.2, 0) is 6.42 Å². The van der Waals surface area contributed by atoms with Crippen LogP contribution in [0.5, 0.6) is 0 Å². The first-order chi connectivity index (χ1) is 12.3. The lowest BCUT2D eigenvalue weighted by molar-refractivity contribution is -0.910. The molecule has 1 saturated heterocycles. The molecule has 3 aromatic rings. The zero-order valence-electron chi connectivity index (χ0n) is 14.6. The molecule has 2 heterocycles. The van der Waals surface area contributed by atoms with E-state index in [1.54, 1.807) is 0 Å². The van der Waals surface area contributed by atoms with Crippen molar-refractivity contribution in [3.8, 4) is 0 Å². The molecule has 4 rings (SSSR count). The number of aliphatic hydroxyl groups is 1. The lowest BCUT2D eigenvalue weighted by Gasteiger charge is -2.30. The van der Waals surface area contributed by atoms with E-state index in [0.29, 0.717) is 0 Å². The van der Waals surface area contributed by atoms with Gasteiger partial charge in [-0.05, 0) is 36.8 Å². The molecule has 0 spiro atoms. The second-order valence-electron chi connectivity index (χ2n) is 7.39. The Bertz CT molecular complexity index is 803. The molecule has 0 aliphatic carbocycles. The number of hydrogen-bond acceptors (Lipinski definition) is 1. The van der Waals surface area contributed by atoms with Crippen molar-refractivity contribution in [3.63, 3.8) is 0 Å². The molecule has 1 aliphatic heterocycles. The maximum absolute atomic E-state index is 10.7. The SMILES string of the molecule is O[C@H](C[NH+]1CCC(Cc2ccccc2)CC1)c1c[nH]c2ccccc12. The van der Waals surface area contributed by atoms with Gasteiger partial charge in [0.25, 0.3) is 0 Å². The fourth-order valence-electron chi connectivity index (χ4n) is 4.19. The predicted molar refractivity (Wildman–Crippen MR) is 102 cm³/mol. The van der Waals surface area contributed by atoms with Crippen molar-refractivity contribution in [1.82, 2.24) is 4.98 Å². The van der Waals surface area contributed by atoms with Gasteiger partial charge in [0.15, 0.2) is 0 Å². The third-order valence-corrected chi connectivity index (χ3v) is 5.64. The average Bonchev–Trinajstić information content (AvgIpc) is 3.08. The summed E-state index contributed by atoms with van der Waals surface area (Å²) in [5.41, 5.74) is 3.59. The highest BCUT2D eigenvalue weighted by atomic mass is 16.3. The van der Waals surface area contributed by atoms with Crippen LogP contribution < -0.4 is 4.90 Å². The number of aromatic amines is 1. The third-order valence-electron chi connectivity index (χ3n) is 5.64. The number of nitrogens with one attached hydrogen (secondary N) is 2. The van der Waals surface area contributed by atoms with Crippen LogP contribution in [0.15, 0.2) is 60.8 Å². The van der Waals surface area contributed by atoms with Crippen molar-refractivity contribution in [1.29, 1.82) is 0 Å². The molecule has 130 valence electrons. The van der Waals surface area contributed by atoms with Crippen LogP contribution in [0.4, 0.5) is 0 Å². The molecule has 1 fully saturated rings. The Morgan fingerprint density at radius 2 is 1.72 bits per heavy atom. The first-order valence-corrected chi connectivity index (χ1v) is 9.41. The third kappa shape index (κ3) is 3.78. The van der Waals surface area contributed by atoms with Gasteiger partial charge in [-0.3, -0.25) is 0 Å². The largest absolute Gasteiger partial charge is 0.382 e. The van der Waals surface area contributed by atoms with E-state index >= 15 is 0 Å². The van der Waals surface area contributed by atoms with Crippen LogP contribution in [-0.4, -0.2) is 29.7 Å². The number of benzene rings is 2. The molecule has 0 saturated carbocycles. The number of hydrogen-bond donors (Lipinski definition) is 3. The number of H-pyrrole nitrogens is 1. The molecule has 0 bridgehead atoms. The minimum absolute atomic E-state index is 0.392. The van der Waals surface area contributed by atoms with E-state index in [0.717, 1.165) is 42.0 Å². The smallest absolute Gasteiger partial charge is 0.130 e. The molecule has 25 heavy (non-hydrogen) atoms. The summed E-state index contributed by atoms with van der Waals surface area (Å²) < 4.78 is 0. The van der Waals surface area contributed by atoms with Gasteiger partial charge in [0, 0.05) is 22.7 Å². The Balaban J connectivity index is 1.32. The van der Waals surface area contributed by atoms with Gasteiger partial charge in [0.2, 0.25) is 0 Å². The molecule has 0 amide bonds.